The molecular formula is C14H19NO2S2. The highest BCUT2D eigenvalue weighted by atomic mass is 32.1. The number of aliphatic hydroxyl groups is 1. The molecule has 2 heterocycles. The van der Waals surface area contributed by atoms with Gasteiger partial charge in [-0.2, -0.15) is 0 Å². The van der Waals surface area contributed by atoms with Crippen LogP contribution in [0.15, 0.2) is 16.3 Å². The molecule has 2 atom stereocenters. The van der Waals surface area contributed by atoms with Gasteiger partial charge in [-0.15, -0.1) is 24.0 Å². The van der Waals surface area contributed by atoms with Gasteiger partial charge in [0.05, 0.1) is 10.5 Å². The zero-order chi connectivity index (χ0) is 13.5. The van der Waals surface area contributed by atoms with Crippen molar-refractivity contribution in [2.45, 2.75) is 42.6 Å². The van der Waals surface area contributed by atoms with Gasteiger partial charge in [0.15, 0.2) is 0 Å². The molecule has 1 N–H and O–H groups in total. The van der Waals surface area contributed by atoms with Crippen molar-refractivity contribution in [3.8, 4) is 0 Å². The third-order valence-electron chi connectivity index (χ3n) is 4.51. The van der Waals surface area contributed by atoms with Gasteiger partial charge in [-0.1, -0.05) is 12.8 Å². The molecule has 2 aliphatic rings. The monoisotopic (exact) mass is 297 g/mol. The van der Waals surface area contributed by atoms with Crippen LogP contribution in [0.5, 0.6) is 0 Å². The Morgan fingerprint density at radius 1 is 1.47 bits per heavy atom. The number of piperidine rings is 1. The molecule has 1 aromatic rings. The van der Waals surface area contributed by atoms with Gasteiger partial charge >= 0.3 is 0 Å². The third kappa shape index (κ3) is 2.56. The minimum Gasteiger partial charge on any atom is -0.389 e. The molecule has 1 amide bonds. The minimum atomic E-state index is -0.515. The van der Waals surface area contributed by atoms with E-state index in [4.69, 9.17) is 0 Å². The van der Waals surface area contributed by atoms with Gasteiger partial charge in [0, 0.05) is 29.3 Å². The molecule has 3 rings (SSSR count). The second-order valence-corrected chi connectivity index (χ2v) is 7.14. The highest BCUT2D eigenvalue weighted by molar-refractivity contribution is 7.80. The molecule has 3 nitrogen and oxygen atoms in total. The predicted molar refractivity (Wildman–Crippen MR) is 79.0 cm³/mol. The average Bonchev–Trinajstić information content (AvgIpc) is 2.83. The Kier molecular flexibility index (Phi) is 3.62. The first kappa shape index (κ1) is 13.5. The van der Waals surface area contributed by atoms with Crippen molar-refractivity contribution in [1.82, 2.24) is 4.90 Å². The summed E-state index contributed by atoms with van der Waals surface area (Å²) in [6.07, 6.45) is 4.97. The lowest BCUT2D eigenvalue weighted by Crippen LogP contribution is -2.54. The van der Waals surface area contributed by atoms with Crippen LogP contribution in [0, 0.1) is 5.92 Å². The predicted octanol–water partition coefficient (Wildman–Crippen LogP) is 2.80. The number of nitrogens with zero attached hydrogens (tertiary/aromatic N) is 1. The van der Waals surface area contributed by atoms with Crippen LogP contribution in [0.25, 0.3) is 0 Å². The number of thiol groups is 1. The van der Waals surface area contributed by atoms with Crippen molar-refractivity contribution >= 4 is 29.9 Å². The molecule has 1 aromatic heterocycles. The summed E-state index contributed by atoms with van der Waals surface area (Å²) in [6, 6.07) is 1.83. The Bertz CT molecular complexity index is 488. The van der Waals surface area contributed by atoms with Crippen molar-refractivity contribution in [3.05, 3.63) is 16.3 Å². The van der Waals surface area contributed by atoms with Gasteiger partial charge < -0.3 is 10.0 Å². The number of thiophene rings is 1. The van der Waals surface area contributed by atoms with Crippen LogP contribution in [-0.4, -0.2) is 34.6 Å². The summed E-state index contributed by atoms with van der Waals surface area (Å²) in [5.41, 5.74) is -0.515. The molecule has 104 valence electrons. The third-order valence-corrected chi connectivity index (χ3v) is 5.86. The fourth-order valence-corrected chi connectivity index (χ4v) is 4.46. The maximum Gasteiger partial charge on any atom is 0.263 e. The molecule has 1 aliphatic carbocycles. The van der Waals surface area contributed by atoms with Crippen LogP contribution in [-0.2, 0) is 0 Å². The van der Waals surface area contributed by atoms with E-state index < -0.39 is 5.60 Å². The first-order chi connectivity index (χ1) is 9.08. The number of carbonyl (C=O) groups is 1. The van der Waals surface area contributed by atoms with Crippen molar-refractivity contribution in [2.24, 2.45) is 5.92 Å². The van der Waals surface area contributed by atoms with Crippen LogP contribution in [0.4, 0.5) is 0 Å². The molecule has 5 heteroatoms. The van der Waals surface area contributed by atoms with Crippen LogP contribution in [0.3, 0.4) is 0 Å². The summed E-state index contributed by atoms with van der Waals surface area (Å²) in [7, 11) is 0. The lowest BCUT2D eigenvalue weighted by Gasteiger charge is -2.47. The van der Waals surface area contributed by atoms with Crippen molar-refractivity contribution in [2.75, 3.05) is 13.1 Å². The number of hydrogen-bond acceptors (Lipinski definition) is 4. The first-order valence-corrected chi connectivity index (χ1v) is 8.20. The number of carbonyl (C=O) groups excluding carboxylic acids is 1. The summed E-state index contributed by atoms with van der Waals surface area (Å²) < 4.78 is 0. The lowest BCUT2D eigenvalue weighted by molar-refractivity contribution is -0.0885. The average molecular weight is 297 g/mol. The standard InChI is InChI=1S/C14H19NO2S2/c16-13(12-7-11(18)9-19-12)15-6-5-14(17)4-2-1-3-10(14)8-15/h7,9-10,17-18H,1-6,8H2. The van der Waals surface area contributed by atoms with E-state index in [0.29, 0.717) is 13.1 Å². The van der Waals surface area contributed by atoms with Crippen LogP contribution >= 0.6 is 24.0 Å². The Balaban J connectivity index is 1.72. The molecule has 0 bridgehead atoms. The van der Waals surface area contributed by atoms with E-state index in [0.717, 1.165) is 35.5 Å². The first-order valence-electron chi connectivity index (χ1n) is 6.88. The normalized spacial score (nSPS) is 31.1. The number of rotatable bonds is 1. The molecule has 0 spiro atoms. The highest BCUT2D eigenvalue weighted by Gasteiger charge is 2.43. The minimum absolute atomic E-state index is 0.0953. The van der Waals surface area contributed by atoms with Gasteiger partial charge in [-0.3, -0.25) is 4.79 Å². The van der Waals surface area contributed by atoms with Crippen LogP contribution in [0.2, 0.25) is 0 Å². The fourth-order valence-electron chi connectivity index (χ4n) is 3.35. The van der Waals surface area contributed by atoms with Gasteiger partial charge in [-0.05, 0) is 25.3 Å². The molecule has 2 unspecified atom stereocenters. The molecule has 19 heavy (non-hydrogen) atoms. The van der Waals surface area contributed by atoms with E-state index in [2.05, 4.69) is 12.6 Å². The van der Waals surface area contributed by atoms with E-state index in [-0.39, 0.29) is 11.8 Å². The van der Waals surface area contributed by atoms with E-state index in [1.165, 1.54) is 17.8 Å². The maximum atomic E-state index is 12.4. The zero-order valence-corrected chi connectivity index (χ0v) is 12.6. The Hall–Kier alpha value is -0.520. The number of amides is 1. The second kappa shape index (κ2) is 5.11. The van der Waals surface area contributed by atoms with Crippen molar-refractivity contribution in [3.63, 3.8) is 0 Å². The molecular weight excluding hydrogens is 278 g/mol. The summed E-state index contributed by atoms with van der Waals surface area (Å²) >= 11 is 5.70. The van der Waals surface area contributed by atoms with Crippen LogP contribution < -0.4 is 0 Å². The fraction of sp³-hybridized carbons (Fsp3) is 0.643. The summed E-state index contributed by atoms with van der Waals surface area (Å²) in [5, 5.41) is 12.5. The van der Waals surface area contributed by atoms with Gasteiger partial charge in [0.2, 0.25) is 0 Å². The van der Waals surface area contributed by atoms with Crippen LogP contribution in [0.1, 0.15) is 41.8 Å². The van der Waals surface area contributed by atoms with Crippen molar-refractivity contribution < 1.29 is 9.90 Å². The van der Waals surface area contributed by atoms with Crippen molar-refractivity contribution in [1.29, 1.82) is 0 Å². The highest BCUT2D eigenvalue weighted by Crippen LogP contribution is 2.40. The second-order valence-electron chi connectivity index (χ2n) is 5.72. The summed E-state index contributed by atoms with van der Waals surface area (Å²) in [4.78, 5) is 15.9. The number of likely N-dealkylation sites (tertiary alicyclic amines) is 1. The smallest absolute Gasteiger partial charge is 0.263 e. The van der Waals surface area contributed by atoms with Gasteiger partial charge in [0.25, 0.3) is 5.91 Å². The quantitative estimate of drug-likeness (QED) is 0.783. The molecule has 0 aromatic carbocycles. The zero-order valence-electron chi connectivity index (χ0n) is 10.8. The molecule has 0 radical (unpaired) electrons. The Morgan fingerprint density at radius 2 is 2.32 bits per heavy atom. The van der Waals surface area contributed by atoms with Gasteiger partial charge in [0.1, 0.15) is 0 Å². The Labute approximate surface area is 123 Å². The largest absolute Gasteiger partial charge is 0.389 e. The summed E-state index contributed by atoms with van der Waals surface area (Å²) in [5.74, 6) is 0.354. The topological polar surface area (TPSA) is 40.5 Å². The van der Waals surface area contributed by atoms with E-state index in [1.807, 2.05) is 16.3 Å². The molecule has 1 aliphatic heterocycles. The lowest BCUT2D eigenvalue weighted by atomic mass is 9.71. The number of hydrogen-bond donors (Lipinski definition) is 2. The molecule has 1 saturated heterocycles. The summed E-state index contributed by atoms with van der Waals surface area (Å²) in [6.45, 7) is 1.38. The van der Waals surface area contributed by atoms with E-state index >= 15 is 0 Å². The number of fused-ring (bicyclic) bond motifs is 1. The molecule has 1 saturated carbocycles. The maximum absolute atomic E-state index is 12.4. The van der Waals surface area contributed by atoms with E-state index in [9.17, 15) is 9.90 Å². The molecule has 2 fully saturated rings. The SMILES string of the molecule is O=C(c1cc(S)cs1)N1CCC2(O)CCCCC2C1. The van der Waals surface area contributed by atoms with Gasteiger partial charge in [-0.25, -0.2) is 0 Å². The Morgan fingerprint density at radius 3 is 3.05 bits per heavy atom. The van der Waals surface area contributed by atoms with E-state index in [1.54, 1.807) is 0 Å².